The number of hydrogen-bond donors (Lipinski definition) is 2. The van der Waals surface area contributed by atoms with Gasteiger partial charge in [-0.1, -0.05) is 23.4 Å². The normalized spacial score (nSPS) is 10.5. The van der Waals surface area contributed by atoms with Crippen molar-refractivity contribution < 1.29 is 0 Å². The molecule has 0 aliphatic carbocycles. The van der Waals surface area contributed by atoms with Gasteiger partial charge in [0.2, 0.25) is 5.16 Å². The second kappa shape index (κ2) is 5.30. The van der Waals surface area contributed by atoms with Crippen LogP contribution in [0.2, 0.25) is 5.02 Å². The first kappa shape index (κ1) is 12.1. The maximum absolute atomic E-state index is 6.03. The fourth-order valence-corrected chi connectivity index (χ4v) is 2.20. The van der Waals surface area contributed by atoms with Crippen LogP contribution < -0.4 is 11.3 Å². The third-order valence-corrected chi connectivity index (χ3v) is 3.35. The van der Waals surface area contributed by atoms with Gasteiger partial charge in [0.25, 0.3) is 0 Å². The van der Waals surface area contributed by atoms with Crippen molar-refractivity contribution in [1.29, 1.82) is 0 Å². The number of hydrazine groups is 1. The van der Waals surface area contributed by atoms with Crippen LogP contribution >= 0.6 is 23.4 Å². The van der Waals surface area contributed by atoms with E-state index in [2.05, 4.69) is 25.9 Å². The summed E-state index contributed by atoms with van der Waals surface area (Å²) in [5.41, 5.74) is 3.21. The van der Waals surface area contributed by atoms with Gasteiger partial charge in [-0.05, 0) is 22.6 Å². The quantitative estimate of drug-likeness (QED) is 0.483. The zero-order chi connectivity index (χ0) is 12.3. The molecule has 0 aliphatic rings. The molecular weight excluding hydrogens is 262 g/mol. The largest absolute Gasteiger partial charge is 0.308 e. The third kappa shape index (κ3) is 2.84. The molecule has 0 fully saturated rings. The van der Waals surface area contributed by atoms with Gasteiger partial charge in [-0.15, -0.1) is 5.10 Å². The molecule has 0 saturated heterocycles. The number of tetrazole rings is 1. The van der Waals surface area contributed by atoms with E-state index >= 15 is 0 Å². The summed E-state index contributed by atoms with van der Waals surface area (Å²) in [4.78, 5) is 4.25. The average Bonchev–Trinajstić information content (AvgIpc) is 2.74. The number of thioether (sulfide) groups is 1. The first-order valence-electron chi connectivity index (χ1n) is 4.68. The fraction of sp³-hybridized carbons (Fsp3) is 0.250. The Balaban J connectivity index is 2.11. The van der Waals surface area contributed by atoms with Gasteiger partial charge in [-0.25, -0.2) is 15.5 Å². The summed E-state index contributed by atoms with van der Waals surface area (Å²) in [6.07, 6.45) is 0. The van der Waals surface area contributed by atoms with Crippen LogP contribution in [-0.4, -0.2) is 25.2 Å². The van der Waals surface area contributed by atoms with E-state index in [1.165, 1.54) is 11.8 Å². The molecule has 2 aromatic heterocycles. The first-order valence-corrected chi connectivity index (χ1v) is 6.04. The Bertz CT molecular complexity index is 514. The van der Waals surface area contributed by atoms with E-state index in [1.54, 1.807) is 23.9 Å². The summed E-state index contributed by atoms with van der Waals surface area (Å²) in [5.74, 6) is 6.43. The first-order chi connectivity index (χ1) is 8.20. The Labute approximate surface area is 107 Å². The summed E-state index contributed by atoms with van der Waals surface area (Å²) < 4.78 is 1.59. The van der Waals surface area contributed by atoms with Gasteiger partial charge in [-0.3, -0.25) is 0 Å². The Morgan fingerprint density at radius 1 is 1.53 bits per heavy atom. The Hall–Kier alpha value is -1.38. The highest BCUT2D eigenvalue weighted by atomic mass is 35.5. The number of nitrogen functional groups attached to an aromatic ring is 1. The van der Waals surface area contributed by atoms with Crippen molar-refractivity contribution in [3.05, 3.63) is 22.8 Å². The summed E-state index contributed by atoms with van der Waals surface area (Å²) in [6, 6.07) is 3.45. The van der Waals surface area contributed by atoms with Crippen LogP contribution in [0.3, 0.4) is 0 Å². The van der Waals surface area contributed by atoms with Crippen molar-refractivity contribution in [1.82, 2.24) is 25.2 Å². The van der Waals surface area contributed by atoms with Crippen molar-refractivity contribution in [2.24, 2.45) is 12.9 Å². The predicted molar refractivity (Wildman–Crippen MR) is 65.4 cm³/mol. The van der Waals surface area contributed by atoms with Gasteiger partial charge in [0.15, 0.2) is 0 Å². The highest BCUT2D eigenvalue weighted by Crippen LogP contribution is 2.24. The minimum atomic E-state index is 0.570. The molecule has 0 aliphatic heterocycles. The lowest BCUT2D eigenvalue weighted by Gasteiger charge is -2.05. The smallest absolute Gasteiger partial charge is 0.209 e. The second-order valence-electron chi connectivity index (χ2n) is 3.14. The van der Waals surface area contributed by atoms with Crippen molar-refractivity contribution in [3.63, 3.8) is 0 Å². The summed E-state index contributed by atoms with van der Waals surface area (Å²) in [5, 5.41) is 12.4. The minimum absolute atomic E-state index is 0.570. The molecule has 90 valence electrons. The van der Waals surface area contributed by atoms with E-state index in [0.717, 1.165) is 5.69 Å². The number of nitrogens with zero attached hydrogens (tertiary/aromatic N) is 5. The van der Waals surface area contributed by atoms with Crippen LogP contribution in [0, 0.1) is 0 Å². The fourth-order valence-electron chi connectivity index (χ4n) is 1.14. The lowest BCUT2D eigenvalue weighted by atomic mass is 10.4. The standard InChI is InChI=1S/C8H10ClN7S/c1-16-8(13-14-15-16)17-4-6-5(9)2-3-7(11-6)12-10/h2-3H,4,10H2,1H3,(H,11,12). The molecule has 0 spiro atoms. The SMILES string of the molecule is Cn1nnnc1SCc1nc(NN)ccc1Cl. The topological polar surface area (TPSA) is 94.5 Å². The van der Waals surface area contributed by atoms with E-state index in [1.807, 2.05) is 0 Å². The van der Waals surface area contributed by atoms with Crippen molar-refractivity contribution in [2.45, 2.75) is 10.9 Å². The van der Waals surface area contributed by atoms with Gasteiger partial charge < -0.3 is 5.43 Å². The monoisotopic (exact) mass is 271 g/mol. The molecule has 0 aromatic carbocycles. The van der Waals surface area contributed by atoms with Gasteiger partial charge in [0.05, 0.1) is 10.7 Å². The van der Waals surface area contributed by atoms with E-state index < -0.39 is 0 Å². The zero-order valence-electron chi connectivity index (χ0n) is 8.96. The molecule has 0 radical (unpaired) electrons. The summed E-state index contributed by atoms with van der Waals surface area (Å²) in [7, 11) is 1.77. The van der Waals surface area contributed by atoms with Crippen molar-refractivity contribution >= 4 is 29.2 Å². The minimum Gasteiger partial charge on any atom is -0.308 e. The van der Waals surface area contributed by atoms with Crippen LogP contribution in [0.5, 0.6) is 0 Å². The number of rotatable bonds is 4. The van der Waals surface area contributed by atoms with Gasteiger partial charge in [-0.2, -0.15) is 0 Å². The predicted octanol–water partition coefficient (Wildman–Crippen LogP) is 0.836. The maximum atomic E-state index is 6.03. The number of aromatic nitrogens is 5. The van der Waals surface area contributed by atoms with Crippen LogP contribution in [0.4, 0.5) is 5.82 Å². The molecule has 0 atom stereocenters. The highest BCUT2D eigenvalue weighted by molar-refractivity contribution is 7.98. The van der Waals surface area contributed by atoms with Crippen LogP contribution in [0.25, 0.3) is 0 Å². The van der Waals surface area contributed by atoms with E-state index in [0.29, 0.717) is 21.7 Å². The van der Waals surface area contributed by atoms with E-state index in [9.17, 15) is 0 Å². The van der Waals surface area contributed by atoms with Gasteiger partial charge >= 0.3 is 0 Å². The molecule has 0 bridgehead atoms. The number of halogens is 1. The highest BCUT2D eigenvalue weighted by Gasteiger charge is 2.08. The molecule has 3 N–H and O–H groups in total. The van der Waals surface area contributed by atoms with Gasteiger partial charge in [0.1, 0.15) is 5.82 Å². The molecule has 2 rings (SSSR count). The Morgan fingerprint density at radius 2 is 2.35 bits per heavy atom. The molecule has 2 aromatic rings. The molecule has 0 amide bonds. The number of aryl methyl sites for hydroxylation is 1. The van der Waals surface area contributed by atoms with Crippen molar-refractivity contribution in [3.8, 4) is 0 Å². The number of pyridine rings is 1. The maximum Gasteiger partial charge on any atom is 0.209 e. The van der Waals surface area contributed by atoms with Crippen LogP contribution in [-0.2, 0) is 12.8 Å². The average molecular weight is 272 g/mol. The molecule has 9 heteroatoms. The van der Waals surface area contributed by atoms with Crippen molar-refractivity contribution in [2.75, 3.05) is 5.43 Å². The molecule has 2 heterocycles. The van der Waals surface area contributed by atoms with Gasteiger partial charge in [0, 0.05) is 12.8 Å². The van der Waals surface area contributed by atoms with Crippen LogP contribution in [0.1, 0.15) is 5.69 Å². The summed E-state index contributed by atoms with van der Waals surface area (Å²) >= 11 is 7.48. The van der Waals surface area contributed by atoms with Crippen LogP contribution in [0.15, 0.2) is 17.3 Å². The third-order valence-electron chi connectivity index (χ3n) is 1.99. The summed E-state index contributed by atoms with van der Waals surface area (Å²) in [6.45, 7) is 0. The number of anilines is 1. The number of nitrogens with one attached hydrogen (secondary N) is 1. The van der Waals surface area contributed by atoms with E-state index in [4.69, 9.17) is 17.4 Å². The molecule has 0 unspecified atom stereocenters. The zero-order valence-corrected chi connectivity index (χ0v) is 10.5. The lowest BCUT2D eigenvalue weighted by molar-refractivity contribution is 0.664. The molecule has 17 heavy (non-hydrogen) atoms. The second-order valence-corrected chi connectivity index (χ2v) is 4.49. The number of nitrogens with two attached hydrogens (primary N) is 1. The Kier molecular flexibility index (Phi) is 3.77. The molecule has 7 nitrogen and oxygen atoms in total. The van der Waals surface area contributed by atoms with E-state index in [-0.39, 0.29) is 0 Å². The lowest BCUT2D eigenvalue weighted by Crippen LogP contribution is -2.09. The molecule has 0 saturated carbocycles. The Morgan fingerprint density at radius 3 is 3.00 bits per heavy atom. The number of hydrogen-bond acceptors (Lipinski definition) is 7. The molecular formula is C8H10ClN7S.